The number of benzene rings is 1. The fourth-order valence-corrected chi connectivity index (χ4v) is 2.09. The standard InChI is InChI=1S/C16H16N4O/c21-12-13-6-8-17-11-16(13)18-10-14-7-9-20(19-14)15-4-2-1-3-5-15/h1-9,11,18,21H,10,12H2. The highest BCUT2D eigenvalue weighted by molar-refractivity contribution is 5.48. The molecule has 0 aliphatic carbocycles. The van der Waals surface area contributed by atoms with Crippen molar-refractivity contribution in [3.05, 3.63) is 72.3 Å². The van der Waals surface area contributed by atoms with Gasteiger partial charge in [-0.25, -0.2) is 4.68 Å². The number of aliphatic hydroxyl groups is 1. The Bertz CT molecular complexity index is 709. The third kappa shape index (κ3) is 3.09. The quantitative estimate of drug-likeness (QED) is 0.753. The highest BCUT2D eigenvalue weighted by atomic mass is 16.3. The van der Waals surface area contributed by atoms with Gasteiger partial charge in [0, 0.05) is 18.0 Å². The Morgan fingerprint density at radius 1 is 1.10 bits per heavy atom. The second-order valence-corrected chi connectivity index (χ2v) is 4.63. The molecule has 0 radical (unpaired) electrons. The topological polar surface area (TPSA) is 63.0 Å². The number of nitrogens with one attached hydrogen (secondary N) is 1. The molecule has 0 unspecified atom stereocenters. The molecule has 1 aromatic carbocycles. The number of anilines is 1. The Morgan fingerprint density at radius 2 is 1.95 bits per heavy atom. The van der Waals surface area contributed by atoms with Gasteiger partial charge < -0.3 is 10.4 Å². The molecule has 0 aliphatic heterocycles. The van der Waals surface area contributed by atoms with Crippen LogP contribution in [-0.4, -0.2) is 19.9 Å². The highest BCUT2D eigenvalue weighted by Gasteiger charge is 2.03. The molecule has 0 aliphatic rings. The van der Waals surface area contributed by atoms with Gasteiger partial charge in [-0.3, -0.25) is 4.98 Å². The van der Waals surface area contributed by atoms with E-state index in [1.54, 1.807) is 18.5 Å². The molecule has 0 atom stereocenters. The molecule has 21 heavy (non-hydrogen) atoms. The monoisotopic (exact) mass is 280 g/mol. The van der Waals surface area contributed by atoms with Crippen molar-refractivity contribution in [2.24, 2.45) is 0 Å². The van der Waals surface area contributed by atoms with Crippen molar-refractivity contribution in [3.63, 3.8) is 0 Å². The van der Waals surface area contributed by atoms with Crippen LogP contribution in [0.25, 0.3) is 5.69 Å². The molecular weight excluding hydrogens is 264 g/mol. The maximum Gasteiger partial charge on any atom is 0.0819 e. The second-order valence-electron chi connectivity index (χ2n) is 4.63. The molecule has 0 saturated carbocycles. The van der Waals surface area contributed by atoms with Crippen molar-refractivity contribution in [3.8, 4) is 5.69 Å². The van der Waals surface area contributed by atoms with Crippen LogP contribution in [0.3, 0.4) is 0 Å². The summed E-state index contributed by atoms with van der Waals surface area (Å²) in [6, 6.07) is 13.7. The molecule has 5 heteroatoms. The molecule has 2 aromatic heterocycles. The average molecular weight is 280 g/mol. The zero-order valence-corrected chi connectivity index (χ0v) is 11.5. The van der Waals surface area contributed by atoms with Crippen LogP contribution < -0.4 is 5.32 Å². The predicted molar refractivity (Wildman–Crippen MR) is 81.1 cm³/mol. The van der Waals surface area contributed by atoms with E-state index in [4.69, 9.17) is 0 Å². The second kappa shape index (κ2) is 6.19. The Labute approximate surface area is 122 Å². The van der Waals surface area contributed by atoms with Gasteiger partial charge in [0.05, 0.1) is 36.4 Å². The Hall–Kier alpha value is -2.66. The lowest BCUT2D eigenvalue weighted by Crippen LogP contribution is -2.04. The third-order valence-electron chi connectivity index (χ3n) is 3.21. The number of pyridine rings is 1. The summed E-state index contributed by atoms with van der Waals surface area (Å²) in [6.45, 7) is 0.571. The van der Waals surface area contributed by atoms with Crippen LogP contribution >= 0.6 is 0 Å². The molecule has 0 amide bonds. The van der Waals surface area contributed by atoms with Crippen LogP contribution in [0.5, 0.6) is 0 Å². The fraction of sp³-hybridized carbons (Fsp3) is 0.125. The van der Waals surface area contributed by atoms with Crippen LogP contribution in [0.1, 0.15) is 11.3 Å². The summed E-state index contributed by atoms with van der Waals surface area (Å²) in [6.07, 6.45) is 5.31. The predicted octanol–water partition coefficient (Wildman–Crippen LogP) is 2.37. The van der Waals surface area contributed by atoms with Gasteiger partial charge in [-0.05, 0) is 24.3 Å². The third-order valence-corrected chi connectivity index (χ3v) is 3.21. The van der Waals surface area contributed by atoms with Crippen LogP contribution in [-0.2, 0) is 13.2 Å². The lowest BCUT2D eigenvalue weighted by molar-refractivity contribution is 0.282. The van der Waals surface area contributed by atoms with Gasteiger partial charge in [0.25, 0.3) is 0 Å². The molecule has 0 spiro atoms. The van der Waals surface area contributed by atoms with Crippen molar-refractivity contribution < 1.29 is 5.11 Å². The van der Waals surface area contributed by atoms with E-state index in [0.717, 1.165) is 22.6 Å². The molecule has 2 N–H and O–H groups in total. The maximum atomic E-state index is 9.28. The van der Waals surface area contributed by atoms with Crippen LogP contribution in [0.4, 0.5) is 5.69 Å². The minimum absolute atomic E-state index is 0.0106. The summed E-state index contributed by atoms with van der Waals surface area (Å²) >= 11 is 0. The van der Waals surface area contributed by atoms with E-state index in [1.165, 1.54) is 0 Å². The molecule has 5 nitrogen and oxygen atoms in total. The first-order valence-electron chi connectivity index (χ1n) is 6.74. The molecule has 0 bridgehead atoms. The molecular formula is C16H16N4O. The van der Waals surface area contributed by atoms with E-state index in [1.807, 2.05) is 47.3 Å². The number of aromatic nitrogens is 3. The van der Waals surface area contributed by atoms with Gasteiger partial charge in [-0.2, -0.15) is 5.10 Å². The van der Waals surface area contributed by atoms with Gasteiger partial charge in [-0.15, -0.1) is 0 Å². The average Bonchev–Trinajstić information content (AvgIpc) is 3.03. The number of hydrogen-bond acceptors (Lipinski definition) is 4. The zero-order chi connectivity index (χ0) is 14.5. The first-order chi connectivity index (χ1) is 10.4. The maximum absolute atomic E-state index is 9.28. The minimum atomic E-state index is -0.0106. The van der Waals surface area contributed by atoms with Crippen LogP contribution in [0, 0.1) is 0 Å². The number of hydrogen-bond donors (Lipinski definition) is 2. The zero-order valence-electron chi connectivity index (χ0n) is 11.5. The summed E-state index contributed by atoms with van der Waals surface area (Å²) in [5, 5.41) is 17.1. The van der Waals surface area contributed by atoms with Crippen molar-refractivity contribution in [1.82, 2.24) is 14.8 Å². The summed E-state index contributed by atoms with van der Waals surface area (Å²) in [4.78, 5) is 4.06. The van der Waals surface area contributed by atoms with E-state index >= 15 is 0 Å². The van der Waals surface area contributed by atoms with Crippen molar-refractivity contribution in [2.45, 2.75) is 13.2 Å². The van der Waals surface area contributed by atoms with E-state index in [9.17, 15) is 5.11 Å². The largest absolute Gasteiger partial charge is 0.392 e. The number of para-hydroxylation sites is 1. The van der Waals surface area contributed by atoms with Gasteiger partial charge in [0.2, 0.25) is 0 Å². The molecule has 0 saturated heterocycles. The van der Waals surface area contributed by atoms with Gasteiger partial charge >= 0.3 is 0 Å². The normalized spacial score (nSPS) is 10.5. The Kier molecular flexibility index (Phi) is 3.93. The molecule has 0 fully saturated rings. The van der Waals surface area contributed by atoms with E-state index in [-0.39, 0.29) is 6.61 Å². The van der Waals surface area contributed by atoms with E-state index < -0.39 is 0 Å². The molecule has 106 valence electrons. The van der Waals surface area contributed by atoms with Crippen LogP contribution in [0.2, 0.25) is 0 Å². The van der Waals surface area contributed by atoms with Crippen LogP contribution in [0.15, 0.2) is 61.1 Å². The molecule has 3 aromatic rings. The smallest absolute Gasteiger partial charge is 0.0819 e. The van der Waals surface area contributed by atoms with Gasteiger partial charge in [0.1, 0.15) is 0 Å². The van der Waals surface area contributed by atoms with E-state index in [2.05, 4.69) is 15.4 Å². The first kappa shape index (κ1) is 13.3. The van der Waals surface area contributed by atoms with Crippen molar-refractivity contribution >= 4 is 5.69 Å². The van der Waals surface area contributed by atoms with Crippen molar-refractivity contribution in [1.29, 1.82) is 0 Å². The van der Waals surface area contributed by atoms with Gasteiger partial charge in [-0.1, -0.05) is 18.2 Å². The van der Waals surface area contributed by atoms with E-state index in [0.29, 0.717) is 6.54 Å². The lowest BCUT2D eigenvalue weighted by atomic mass is 10.2. The SMILES string of the molecule is OCc1ccncc1NCc1ccn(-c2ccccc2)n1. The summed E-state index contributed by atoms with van der Waals surface area (Å²) in [7, 11) is 0. The number of nitrogens with zero attached hydrogens (tertiary/aromatic N) is 3. The summed E-state index contributed by atoms with van der Waals surface area (Å²) in [5.41, 5.74) is 3.61. The molecule has 2 heterocycles. The lowest BCUT2D eigenvalue weighted by Gasteiger charge is -2.08. The number of aliphatic hydroxyl groups excluding tert-OH is 1. The number of rotatable bonds is 5. The first-order valence-corrected chi connectivity index (χ1v) is 6.74. The Morgan fingerprint density at radius 3 is 2.76 bits per heavy atom. The summed E-state index contributed by atoms with van der Waals surface area (Å²) in [5.74, 6) is 0. The van der Waals surface area contributed by atoms with Gasteiger partial charge in [0.15, 0.2) is 0 Å². The summed E-state index contributed by atoms with van der Waals surface area (Å²) < 4.78 is 1.84. The highest BCUT2D eigenvalue weighted by Crippen LogP contribution is 2.14. The Balaban J connectivity index is 1.71. The minimum Gasteiger partial charge on any atom is -0.392 e. The van der Waals surface area contributed by atoms with Crippen molar-refractivity contribution in [2.75, 3.05) is 5.32 Å². The fourth-order valence-electron chi connectivity index (χ4n) is 2.09. The molecule has 3 rings (SSSR count).